The first kappa shape index (κ1) is 26.1. The molecule has 1 saturated carbocycles. The Morgan fingerprint density at radius 3 is 2.53 bits per heavy atom. The number of nitrogens with one attached hydrogen (secondary N) is 2. The normalized spacial score (nSPS) is 22.0. The zero-order valence-corrected chi connectivity index (χ0v) is 20.5. The Morgan fingerprint density at radius 1 is 1.17 bits per heavy atom. The second kappa shape index (κ2) is 11.0. The van der Waals surface area contributed by atoms with Crippen LogP contribution in [-0.4, -0.2) is 64.6 Å². The highest BCUT2D eigenvalue weighted by molar-refractivity contribution is 5.91. The largest absolute Gasteiger partial charge is 0.462 e. The van der Waals surface area contributed by atoms with Crippen molar-refractivity contribution in [2.75, 3.05) is 25.0 Å². The number of likely N-dealkylation sites (tertiary alicyclic amines) is 1. The molecule has 196 valence electrons. The van der Waals surface area contributed by atoms with Crippen molar-refractivity contribution in [1.29, 1.82) is 0 Å². The van der Waals surface area contributed by atoms with Crippen molar-refractivity contribution in [3.63, 3.8) is 0 Å². The predicted molar refractivity (Wildman–Crippen MR) is 128 cm³/mol. The van der Waals surface area contributed by atoms with E-state index >= 15 is 0 Å². The number of fused-ring (bicyclic) bond motifs is 1. The first-order valence-electron chi connectivity index (χ1n) is 12.4. The number of hydrogen-bond donors (Lipinski definition) is 2. The fraction of sp³-hybridized carbons (Fsp3) is 0.600. The summed E-state index contributed by atoms with van der Waals surface area (Å²) in [5.41, 5.74) is -0.430. The second-order valence-electron chi connectivity index (χ2n) is 9.65. The van der Waals surface area contributed by atoms with Crippen LogP contribution in [0.1, 0.15) is 51.5 Å². The van der Waals surface area contributed by atoms with Gasteiger partial charge in [0, 0.05) is 31.4 Å². The van der Waals surface area contributed by atoms with Gasteiger partial charge in [0.05, 0.1) is 23.7 Å². The molecule has 11 heteroatoms. The molecule has 2 heterocycles. The number of carbonyl (C=O) groups is 2. The van der Waals surface area contributed by atoms with Crippen LogP contribution >= 0.6 is 0 Å². The van der Waals surface area contributed by atoms with Crippen molar-refractivity contribution in [3.8, 4) is 0 Å². The van der Waals surface area contributed by atoms with Crippen LogP contribution in [0.15, 0.2) is 24.5 Å². The number of nitrogens with zero attached hydrogens (tertiary/aromatic N) is 3. The molecule has 1 saturated heterocycles. The summed E-state index contributed by atoms with van der Waals surface area (Å²) in [7, 11) is 0. The van der Waals surface area contributed by atoms with E-state index in [1.165, 1.54) is 19.3 Å². The molecule has 2 aromatic rings. The number of hydrogen-bond acceptors (Lipinski definition) is 7. The second-order valence-corrected chi connectivity index (χ2v) is 9.65. The Balaban J connectivity index is 1.22. The summed E-state index contributed by atoms with van der Waals surface area (Å²) in [6.07, 6.45) is 1.74. The van der Waals surface area contributed by atoms with Gasteiger partial charge in [-0.2, -0.15) is 13.2 Å². The molecule has 8 nitrogen and oxygen atoms in total. The number of alkyl halides is 3. The van der Waals surface area contributed by atoms with E-state index in [4.69, 9.17) is 4.74 Å². The lowest BCUT2D eigenvalue weighted by atomic mass is 9.80. The summed E-state index contributed by atoms with van der Waals surface area (Å²) in [4.78, 5) is 34.2. The van der Waals surface area contributed by atoms with E-state index < -0.39 is 11.7 Å². The zero-order chi connectivity index (χ0) is 25.9. The topological polar surface area (TPSA) is 96.5 Å². The van der Waals surface area contributed by atoms with Gasteiger partial charge in [0.25, 0.3) is 0 Å². The molecule has 1 aromatic carbocycles. The molecule has 0 radical (unpaired) electrons. The van der Waals surface area contributed by atoms with Crippen molar-refractivity contribution < 1.29 is 27.5 Å². The van der Waals surface area contributed by atoms with Gasteiger partial charge in [0.15, 0.2) is 0 Å². The molecular formula is C25H32F3N5O3. The summed E-state index contributed by atoms with van der Waals surface area (Å²) in [5.74, 6) is 0.128. The minimum absolute atomic E-state index is 0.00793. The molecule has 1 amide bonds. The molecule has 1 unspecified atom stereocenters. The van der Waals surface area contributed by atoms with Crippen LogP contribution in [0.2, 0.25) is 0 Å². The quantitative estimate of drug-likeness (QED) is 0.525. The first-order valence-corrected chi connectivity index (χ1v) is 12.4. The molecule has 2 fully saturated rings. The van der Waals surface area contributed by atoms with Crippen LogP contribution in [-0.2, 0) is 20.5 Å². The molecule has 2 aliphatic rings. The van der Waals surface area contributed by atoms with Crippen molar-refractivity contribution in [1.82, 2.24) is 20.2 Å². The lowest BCUT2D eigenvalue weighted by molar-refractivity contribution is -0.150. The number of ether oxygens (including phenoxy) is 1. The van der Waals surface area contributed by atoms with E-state index in [2.05, 4.69) is 25.5 Å². The lowest BCUT2D eigenvalue weighted by Crippen LogP contribution is -2.63. The predicted octanol–water partition coefficient (Wildman–Crippen LogP) is 3.76. The Labute approximate surface area is 208 Å². The Bertz CT molecular complexity index is 1080. The Kier molecular flexibility index (Phi) is 7.97. The number of halogens is 3. The fourth-order valence-corrected chi connectivity index (χ4v) is 5.28. The Morgan fingerprint density at radius 2 is 1.89 bits per heavy atom. The summed E-state index contributed by atoms with van der Waals surface area (Å²) in [5, 5.41) is 6.03. The van der Waals surface area contributed by atoms with Gasteiger partial charge in [-0.15, -0.1) is 0 Å². The summed E-state index contributed by atoms with van der Waals surface area (Å²) >= 11 is 0. The van der Waals surface area contributed by atoms with E-state index in [9.17, 15) is 22.8 Å². The first-order chi connectivity index (χ1) is 17.1. The number of amides is 1. The average molecular weight is 508 g/mol. The van der Waals surface area contributed by atoms with Crippen LogP contribution in [0.3, 0.4) is 0 Å². The molecule has 36 heavy (non-hydrogen) atoms. The fourth-order valence-electron chi connectivity index (χ4n) is 5.28. The van der Waals surface area contributed by atoms with Gasteiger partial charge in [-0.3, -0.25) is 14.5 Å². The third-order valence-electron chi connectivity index (χ3n) is 7.16. The highest BCUT2D eigenvalue weighted by Gasteiger charge is 2.37. The maximum Gasteiger partial charge on any atom is 0.416 e. The minimum atomic E-state index is -4.48. The number of carbonyl (C=O) groups excluding carboxylic acids is 2. The molecule has 1 aliphatic carbocycles. The average Bonchev–Trinajstić information content (AvgIpc) is 2.82. The smallest absolute Gasteiger partial charge is 0.416 e. The summed E-state index contributed by atoms with van der Waals surface area (Å²) < 4.78 is 44.7. The van der Waals surface area contributed by atoms with Crippen molar-refractivity contribution >= 4 is 28.6 Å². The van der Waals surface area contributed by atoms with E-state index in [1.54, 1.807) is 0 Å². The molecule has 0 spiro atoms. The van der Waals surface area contributed by atoms with Gasteiger partial charge in [-0.25, -0.2) is 9.97 Å². The third-order valence-corrected chi connectivity index (χ3v) is 7.16. The summed E-state index contributed by atoms with van der Waals surface area (Å²) in [6, 6.07) is 3.77. The molecule has 1 aromatic heterocycles. The minimum Gasteiger partial charge on any atom is -0.462 e. The van der Waals surface area contributed by atoms with Crippen LogP contribution < -0.4 is 10.6 Å². The van der Waals surface area contributed by atoms with Crippen LogP contribution in [0.4, 0.5) is 19.0 Å². The maximum atomic E-state index is 13.1. The van der Waals surface area contributed by atoms with Gasteiger partial charge in [-0.05, 0) is 56.2 Å². The highest BCUT2D eigenvalue weighted by atomic mass is 19.4. The van der Waals surface area contributed by atoms with Gasteiger partial charge in [0.1, 0.15) is 18.2 Å². The number of anilines is 1. The number of benzene rings is 1. The molecular weight excluding hydrogens is 475 g/mol. The standard InChI is InChI=1S/C25H32F3N5O3/c1-3-22(36-15(2)34)16-4-7-19(8-5-16)33-12-18(13-33)32-23(35)11-29-24-20-10-17(25(26,27)28)6-9-21(20)30-14-31-24/h6,9-10,14,16,18-19,22H,3-5,7-8,11-13H2,1-2H3,(H,32,35)(H,29,30,31)/t16-,19+,22?. The number of esters is 1. The number of aromatic nitrogens is 2. The van der Waals surface area contributed by atoms with E-state index in [-0.39, 0.29) is 41.8 Å². The monoisotopic (exact) mass is 507 g/mol. The lowest BCUT2D eigenvalue weighted by Gasteiger charge is -2.47. The van der Waals surface area contributed by atoms with Crippen LogP contribution in [0, 0.1) is 5.92 Å². The van der Waals surface area contributed by atoms with Gasteiger partial charge < -0.3 is 15.4 Å². The van der Waals surface area contributed by atoms with Gasteiger partial charge in [0.2, 0.25) is 5.91 Å². The molecule has 0 bridgehead atoms. The highest BCUT2D eigenvalue weighted by Crippen LogP contribution is 2.34. The van der Waals surface area contributed by atoms with Crippen LogP contribution in [0.5, 0.6) is 0 Å². The number of rotatable bonds is 8. The maximum absolute atomic E-state index is 13.1. The third kappa shape index (κ3) is 6.24. The van der Waals surface area contributed by atoms with E-state index in [1.807, 2.05) is 6.92 Å². The zero-order valence-electron chi connectivity index (χ0n) is 20.5. The molecule has 1 aliphatic heterocycles. The van der Waals surface area contributed by atoms with Gasteiger partial charge in [-0.1, -0.05) is 6.92 Å². The molecule has 1 atom stereocenters. The molecule has 4 rings (SSSR count). The van der Waals surface area contributed by atoms with Crippen LogP contribution in [0.25, 0.3) is 10.9 Å². The molecule has 2 N–H and O–H groups in total. The van der Waals surface area contributed by atoms with Crippen molar-refractivity contribution in [2.24, 2.45) is 5.92 Å². The summed E-state index contributed by atoms with van der Waals surface area (Å²) in [6.45, 7) is 4.95. The van der Waals surface area contributed by atoms with E-state index in [0.717, 1.165) is 57.3 Å². The van der Waals surface area contributed by atoms with Gasteiger partial charge >= 0.3 is 12.1 Å². The van der Waals surface area contributed by atoms with Crippen molar-refractivity contribution in [2.45, 2.75) is 70.3 Å². The SMILES string of the molecule is CCC(OC(C)=O)[C@H]1CC[C@@H](N2CC(NC(=O)CNc3ncnc4ccc(C(F)(F)F)cc34)C2)CC1. The Hall–Kier alpha value is -2.95. The van der Waals surface area contributed by atoms with E-state index in [0.29, 0.717) is 17.5 Å². The van der Waals surface area contributed by atoms with Crippen molar-refractivity contribution in [3.05, 3.63) is 30.1 Å².